The van der Waals surface area contributed by atoms with Crippen LogP contribution in [0.4, 0.5) is 0 Å². The van der Waals surface area contributed by atoms with Crippen molar-refractivity contribution in [2.45, 2.75) is 97.4 Å². The molecule has 192 valence electrons. The highest BCUT2D eigenvalue weighted by Gasteiger charge is 2.14. The second-order valence-corrected chi connectivity index (χ2v) is 9.05. The van der Waals surface area contributed by atoms with Crippen LogP contribution in [0.5, 0.6) is 0 Å². The first kappa shape index (κ1) is 29.8. The second kappa shape index (κ2) is 20.2. The molecule has 1 rings (SSSR count). The highest BCUT2D eigenvalue weighted by molar-refractivity contribution is 5.79. The lowest BCUT2D eigenvalue weighted by molar-refractivity contribution is -0.138. The van der Waals surface area contributed by atoms with Crippen molar-refractivity contribution in [2.75, 3.05) is 26.3 Å². The third-order valence-corrected chi connectivity index (χ3v) is 5.95. The van der Waals surface area contributed by atoms with Crippen LogP contribution in [0.3, 0.4) is 0 Å². The van der Waals surface area contributed by atoms with E-state index in [0.29, 0.717) is 12.1 Å². The van der Waals surface area contributed by atoms with Crippen LogP contribution in [0.1, 0.15) is 107 Å². The monoisotopic (exact) mass is 474 g/mol. The molecule has 0 spiro atoms. The van der Waals surface area contributed by atoms with Crippen LogP contribution in [0.25, 0.3) is 0 Å². The summed E-state index contributed by atoms with van der Waals surface area (Å²) in [5.74, 6) is -0.309. The van der Waals surface area contributed by atoms with Gasteiger partial charge in [-0.05, 0) is 24.5 Å². The number of unbranched alkanes of at least 4 members (excludes halogenated alkanes) is 10. The molecule has 0 atom stereocenters. The van der Waals surface area contributed by atoms with Crippen LogP contribution in [0, 0.1) is 0 Å². The van der Waals surface area contributed by atoms with Gasteiger partial charge < -0.3 is 15.0 Å². The number of ether oxygens (including phenoxy) is 1. The highest BCUT2D eigenvalue weighted by atomic mass is 16.5. The summed E-state index contributed by atoms with van der Waals surface area (Å²) in [6.07, 6.45) is 15.1. The van der Waals surface area contributed by atoms with Crippen molar-refractivity contribution in [2.24, 2.45) is 0 Å². The average Bonchev–Trinajstić information content (AvgIpc) is 2.85. The van der Waals surface area contributed by atoms with E-state index >= 15 is 0 Å². The maximum atomic E-state index is 12.7. The standard InChI is InChI=1S/C28H46N2O4/c1-3-5-7-9-11-13-18-30(19-14-12-10-8-6-4-2)28(33)24-34-23-27(32)29-21-25-16-15-17-26(20-25)22-31/h15-17,20,22H,3-14,18-19,21,23-24H2,1-2H3,(H,29,32). The van der Waals surface area contributed by atoms with E-state index in [1.54, 1.807) is 18.2 Å². The maximum Gasteiger partial charge on any atom is 0.248 e. The average molecular weight is 475 g/mol. The van der Waals surface area contributed by atoms with Crippen LogP contribution in [0.15, 0.2) is 24.3 Å². The minimum absolute atomic E-state index is 0.0337. The molecule has 0 saturated heterocycles. The molecule has 6 nitrogen and oxygen atoms in total. The Kier molecular flexibility index (Phi) is 17.7. The molecule has 0 aliphatic carbocycles. The first-order valence-corrected chi connectivity index (χ1v) is 13.3. The van der Waals surface area contributed by atoms with Crippen LogP contribution in [0.2, 0.25) is 0 Å². The summed E-state index contributed by atoms with van der Waals surface area (Å²) in [5.41, 5.74) is 1.42. The molecule has 6 heteroatoms. The number of nitrogens with zero attached hydrogens (tertiary/aromatic N) is 1. The third kappa shape index (κ3) is 14.8. The van der Waals surface area contributed by atoms with Crippen LogP contribution >= 0.6 is 0 Å². The van der Waals surface area contributed by atoms with Crippen molar-refractivity contribution < 1.29 is 19.1 Å². The Bertz CT molecular complexity index is 677. The summed E-state index contributed by atoms with van der Waals surface area (Å²) < 4.78 is 5.43. The number of carbonyl (C=O) groups excluding carboxylic acids is 3. The number of hydrogen-bond acceptors (Lipinski definition) is 4. The molecule has 34 heavy (non-hydrogen) atoms. The topological polar surface area (TPSA) is 75.7 Å². The van der Waals surface area contributed by atoms with Crippen LogP contribution in [-0.4, -0.2) is 49.3 Å². The first-order chi connectivity index (χ1) is 16.6. The first-order valence-electron chi connectivity index (χ1n) is 13.3. The van der Waals surface area contributed by atoms with E-state index in [4.69, 9.17) is 4.74 Å². The van der Waals surface area contributed by atoms with E-state index < -0.39 is 0 Å². The molecule has 0 unspecified atom stereocenters. The number of aldehydes is 1. The zero-order valence-corrected chi connectivity index (χ0v) is 21.5. The summed E-state index contributed by atoms with van der Waals surface area (Å²) in [4.78, 5) is 37.6. The second-order valence-electron chi connectivity index (χ2n) is 9.05. The highest BCUT2D eigenvalue weighted by Crippen LogP contribution is 2.09. The van der Waals surface area contributed by atoms with Gasteiger partial charge in [0.05, 0.1) is 0 Å². The molecule has 0 aliphatic heterocycles. The van der Waals surface area contributed by atoms with Crippen molar-refractivity contribution in [1.29, 1.82) is 0 Å². The van der Waals surface area contributed by atoms with Gasteiger partial charge in [0.25, 0.3) is 0 Å². The van der Waals surface area contributed by atoms with Gasteiger partial charge in [0.2, 0.25) is 11.8 Å². The van der Waals surface area contributed by atoms with Crippen LogP contribution < -0.4 is 5.32 Å². The van der Waals surface area contributed by atoms with Gasteiger partial charge in [0.1, 0.15) is 19.5 Å². The molecular weight excluding hydrogens is 428 g/mol. The molecule has 0 aliphatic rings. The summed E-state index contributed by atoms with van der Waals surface area (Å²) in [6, 6.07) is 7.08. The zero-order chi connectivity index (χ0) is 24.9. The minimum Gasteiger partial charge on any atom is -0.362 e. The molecule has 0 radical (unpaired) electrons. The zero-order valence-electron chi connectivity index (χ0n) is 21.5. The van der Waals surface area contributed by atoms with Gasteiger partial charge in [-0.15, -0.1) is 0 Å². The Labute approximate surface area is 206 Å². The minimum atomic E-state index is -0.275. The Hall–Kier alpha value is -2.21. The smallest absolute Gasteiger partial charge is 0.248 e. The Morgan fingerprint density at radius 2 is 1.44 bits per heavy atom. The van der Waals surface area contributed by atoms with E-state index in [0.717, 1.165) is 50.6 Å². The Morgan fingerprint density at radius 3 is 2.03 bits per heavy atom. The fourth-order valence-corrected chi connectivity index (χ4v) is 3.88. The van der Waals surface area contributed by atoms with Crippen molar-refractivity contribution >= 4 is 18.1 Å². The third-order valence-electron chi connectivity index (χ3n) is 5.95. The number of amides is 2. The summed E-state index contributed by atoms with van der Waals surface area (Å²) in [6.45, 7) is 6.06. The number of carbonyl (C=O) groups is 3. The van der Waals surface area contributed by atoms with Crippen molar-refractivity contribution in [3.8, 4) is 0 Å². The Morgan fingerprint density at radius 1 is 0.853 bits per heavy atom. The fraction of sp³-hybridized carbons (Fsp3) is 0.679. The molecule has 0 bridgehead atoms. The Balaban J connectivity index is 2.35. The number of hydrogen-bond donors (Lipinski definition) is 1. The quantitative estimate of drug-likeness (QED) is 0.184. The largest absolute Gasteiger partial charge is 0.362 e. The summed E-state index contributed by atoms with van der Waals surface area (Å²) in [7, 11) is 0. The normalized spacial score (nSPS) is 10.8. The lowest BCUT2D eigenvalue weighted by Crippen LogP contribution is -2.37. The van der Waals surface area contributed by atoms with E-state index in [9.17, 15) is 14.4 Å². The molecule has 0 heterocycles. The predicted octanol–water partition coefficient (Wildman–Crippen LogP) is 5.68. The number of nitrogens with one attached hydrogen (secondary N) is 1. The van der Waals surface area contributed by atoms with Gasteiger partial charge in [-0.1, -0.05) is 96.3 Å². The summed E-state index contributed by atoms with van der Waals surface area (Å²) in [5, 5.41) is 2.77. The van der Waals surface area contributed by atoms with Gasteiger partial charge in [-0.25, -0.2) is 0 Å². The van der Waals surface area contributed by atoms with E-state index in [1.165, 1.54) is 51.4 Å². The SMILES string of the molecule is CCCCCCCCN(CCCCCCCC)C(=O)COCC(=O)NCc1cccc(C=O)c1. The summed E-state index contributed by atoms with van der Waals surface area (Å²) >= 11 is 0. The van der Waals surface area contributed by atoms with Gasteiger partial charge in [0, 0.05) is 25.2 Å². The molecule has 0 saturated carbocycles. The molecule has 0 fully saturated rings. The lowest BCUT2D eigenvalue weighted by Gasteiger charge is -2.23. The van der Waals surface area contributed by atoms with E-state index in [-0.39, 0.29) is 25.0 Å². The van der Waals surface area contributed by atoms with Crippen molar-refractivity contribution in [1.82, 2.24) is 10.2 Å². The van der Waals surface area contributed by atoms with Gasteiger partial charge in [-0.2, -0.15) is 0 Å². The fourth-order valence-electron chi connectivity index (χ4n) is 3.88. The molecule has 0 aromatic heterocycles. The molecule has 1 aromatic rings. The van der Waals surface area contributed by atoms with Crippen molar-refractivity contribution in [3.63, 3.8) is 0 Å². The van der Waals surface area contributed by atoms with Gasteiger partial charge in [0.15, 0.2) is 0 Å². The van der Waals surface area contributed by atoms with E-state index in [1.807, 2.05) is 11.0 Å². The predicted molar refractivity (Wildman–Crippen MR) is 138 cm³/mol. The van der Waals surface area contributed by atoms with Gasteiger partial charge >= 0.3 is 0 Å². The molecular formula is C28H46N2O4. The molecule has 1 aromatic carbocycles. The van der Waals surface area contributed by atoms with Crippen molar-refractivity contribution in [3.05, 3.63) is 35.4 Å². The maximum absolute atomic E-state index is 12.7. The molecule has 1 N–H and O–H groups in total. The number of rotatable bonds is 21. The van der Waals surface area contributed by atoms with E-state index in [2.05, 4.69) is 19.2 Å². The molecule has 2 amide bonds. The lowest BCUT2D eigenvalue weighted by atomic mass is 10.1. The number of benzene rings is 1. The van der Waals surface area contributed by atoms with Crippen LogP contribution in [-0.2, 0) is 20.9 Å². The van der Waals surface area contributed by atoms with Gasteiger partial charge in [-0.3, -0.25) is 14.4 Å².